The van der Waals surface area contributed by atoms with Gasteiger partial charge in [0.15, 0.2) is 0 Å². The van der Waals surface area contributed by atoms with Gasteiger partial charge in [-0.3, -0.25) is 4.79 Å². The predicted molar refractivity (Wildman–Crippen MR) is 86.7 cm³/mol. The molecule has 2 aliphatic rings. The molecule has 0 bridgehead atoms. The van der Waals surface area contributed by atoms with Gasteiger partial charge in [-0.05, 0) is 39.2 Å². The van der Waals surface area contributed by atoms with Crippen LogP contribution in [0.4, 0.5) is 4.79 Å². The van der Waals surface area contributed by atoms with Gasteiger partial charge in [-0.1, -0.05) is 6.92 Å². The molecule has 2 rings (SSSR count). The number of piperazine rings is 1. The Morgan fingerprint density at radius 1 is 1.09 bits per heavy atom. The number of amides is 3. The van der Waals surface area contributed by atoms with Crippen LogP contribution in [-0.2, 0) is 4.79 Å². The molecule has 0 spiro atoms. The Morgan fingerprint density at radius 3 is 2.23 bits per heavy atom. The normalized spacial score (nSPS) is 26.0. The van der Waals surface area contributed by atoms with Gasteiger partial charge in [-0.25, -0.2) is 4.79 Å². The lowest BCUT2D eigenvalue weighted by atomic mass is 9.93. The molecule has 2 saturated heterocycles. The fourth-order valence-corrected chi connectivity index (χ4v) is 3.33. The molecular formula is C16H30N4O2. The van der Waals surface area contributed by atoms with Crippen molar-refractivity contribution >= 4 is 11.9 Å². The first-order valence-corrected chi connectivity index (χ1v) is 8.62. The zero-order chi connectivity index (χ0) is 16.1. The first-order valence-electron chi connectivity index (χ1n) is 8.62. The first-order chi connectivity index (χ1) is 10.6. The summed E-state index contributed by atoms with van der Waals surface area (Å²) in [7, 11) is 0. The van der Waals surface area contributed by atoms with E-state index in [9.17, 15) is 9.59 Å². The Bertz CT molecular complexity index is 390. The van der Waals surface area contributed by atoms with Crippen molar-refractivity contribution in [3.05, 3.63) is 0 Å². The molecule has 2 unspecified atom stereocenters. The van der Waals surface area contributed by atoms with E-state index in [2.05, 4.69) is 12.2 Å². The van der Waals surface area contributed by atoms with Crippen LogP contribution < -0.4 is 5.32 Å². The zero-order valence-electron chi connectivity index (χ0n) is 14.2. The Balaban J connectivity index is 1.83. The number of piperidine rings is 1. The van der Waals surface area contributed by atoms with Gasteiger partial charge in [0.25, 0.3) is 0 Å². The van der Waals surface area contributed by atoms with Crippen molar-refractivity contribution in [2.45, 2.75) is 39.7 Å². The van der Waals surface area contributed by atoms with E-state index in [0.717, 1.165) is 32.5 Å². The van der Waals surface area contributed by atoms with Crippen molar-refractivity contribution in [2.75, 3.05) is 45.8 Å². The highest BCUT2D eigenvalue weighted by molar-refractivity contribution is 5.82. The topological polar surface area (TPSA) is 55.9 Å². The lowest BCUT2D eigenvalue weighted by Crippen LogP contribution is -2.58. The number of carbonyl (C=O) groups is 2. The third kappa shape index (κ3) is 3.91. The zero-order valence-corrected chi connectivity index (χ0v) is 14.2. The minimum absolute atomic E-state index is 0.0335. The third-order valence-corrected chi connectivity index (χ3v) is 4.86. The predicted octanol–water partition coefficient (Wildman–Crippen LogP) is 0.981. The summed E-state index contributed by atoms with van der Waals surface area (Å²) in [6.45, 7) is 11.2. The van der Waals surface area contributed by atoms with Crippen molar-refractivity contribution in [3.8, 4) is 0 Å². The van der Waals surface area contributed by atoms with Crippen LogP contribution in [0.3, 0.4) is 0 Å². The van der Waals surface area contributed by atoms with Crippen LogP contribution in [0.25, 0.3) is 0 Å². The highest BCUT2D eigenvalue weighted by atomic mass is 16.2. The van der Waals surface area contributed by atoms with Crippen LogP contribution in [0.2, 0.25) is 0 Å². The number of nitrogens with one attached hydrogen (secondary N) is 1. The first kappa shape index (κ1) is 17.1. The van der Waals surface area contributed by atoms with Crippen LogP contribution in [0.5, 0.6) is 0 Å². The second kappa shape index (κ2) is 7.81. The van der Waals surface area contributed by atoms with Crippen molar-refractivity contribution in [1.29, 1.82) is 0 Å². The van der Waals surface area contributed by atoms with E-state index >= 15 is 0 Å². The average molecular weight is 310 g/mol. The molecule has 2 aliphatic heterocycles. The number of carbonyl (C=O) groups excluding carboxylic acids is 2. The molecule has 0 radical (unpaired) electrons. The molecule has 22 heavy (non-hydrogen) atoms. The van der Waals surface area contributed by atoms with Gasteiger partial charge in [0.1, 0.15) is 0 Å². The van der Waals surface area contributed by atoms with Crippen molar-refractivity contribution in [2.24, 2.45) is 5.92 Å². The molecule has 0 aromatic rings. The molecule has 6 nitrogen and oxygen atoms in total. The van der Waals surface area contributed by atoms with Gasteiger partial charge in [-0.15, -0.1) is 0 Å². The fraction of sp³-hybridized carbons (Fsp3) is 0.875. The smallest absolute Gasteiger partial charge is 0.320 e. The molecule has 1 N–H and O–H groups in total. The van der Waals surface area contributed by atoms with Crippen LogP contribution in [-0.4, -0.2) is 78.5 Å². The molecule has 2 atom stereocenters. The number of urea groups is 1. The number of hydrogen-bond acceptors (Lipinski definition) is 3. The Labute approximate surface area is 133 Å². The van der Waals surface area contributed by atoms with Gasteiger partial charge < -0.3 is 20.0 Å². The third-order valence-electron chi connectivity index (χ3n) is 4.86. The highest BCUT2D eigenvalue weighted by Crippen LogP contribution is 2.17. The summed E-state index contributed by atoms with van der Waals surface area (Å²) in [4.78, 5) is 30.5. The summed E-state index contributed by atoms with van der Waals surface area (Å²) < 4.78 is 0. The molecule has 0 aromatic carbocycles. The van der Waals surface area contributed by atoms with E-state index in [0.29, 0.717) is 32.1 Å². The average Bonchev–Trinajstić information content (AvgIpc) is 2.55. The lowest BCUT2D eigenvalue weighted by Gasteiger charge is -2.39. The summed E-state index contributed by atoms with van der Waals surface area (Å²) >= 11 is 0. The molecule has 2 heterocycles. The van der Waals surface area contributed by atoms with Gasteiger partial charge in [0, 0.05) is 39.3 Å². The second-order valence-corrected chi connectivity index (χ2v) is 6.40. The van der Waals surface area contributed by atoms with Crippen LogP contribution in [0, 0.1) is 5.92 Å². The van der Waals surface area contributed by atoms with Gasteiger partial charge >= 0.3 is 6.03 Å². The summed E-state index contributed by atoms with van der Waals surface area (Å²) in [5.41, 5.74) is 0. The van der Waals surface area contributed by atoms with E-state index in [1.807, 2.05) is 28.5 Å². The van der Waals surface area contributed by atoms with E-state index in [1.54, 1.807) is 0 Å². The Kier molecular flexibility index (Phi) is 6.06. The van der Waals surface area contributed by atoms with Crippen molar-refractivity contribution in [1.82, 2.24) is 20.0 Å². The fourth-order valence-electron chi connectivity index (χ4n) is 3.33. The second-order valence-electron chi connectivity index (χ2n) is 6.40. The monoisotopic (exact) mass is 310 g/mol. The van der Waals surface area contributed by atoms with E-state index in [-0.39, 0.29) is 18.0 Å². The van der Waals surface area contributed by atoms with Crippen LogP contribution >= 0.6 is 0 Å². The lowest BCUT2D eigenvalue weighted by molar-refractivity contribution is -0.135. The molecular weight excluding hydrogens is 280 g/mol. The molecule has 2 fully saturated rings. The summed E-state index contributed by atoms with van der Waals surface area (Å²) in [5, 5.41) is 3.34. The molecule has 0 aromatic heterocycles. The summed E-state index contributed by atoms with van der Waals surface area (Å²) in [6, 6.07) is 0.0651. The molecule has 0 saturated carbocycles. The highest BCUT2D eigenvalue weighted by Gasteiger charge is 2.31. The maximum atomic E-state index is 12.6. The SMILES string of the molecule is CCN(CC)C(=O)N1CCN(C(=O)C2CC(C)CCN2)CC1. The number of nitrogens with zero attached hydrogens (tertiary/aromatic N) is 3. The Hall–Kier alpha value is -1.30. The van der Waals surface area contributed by atoms with Crippen molar-refractivity contribution < 1.29 is 9.59 Å². The van der Waals surface area contributed by atoms with Gasteiger partial charge in [0.05, 0.1) is 6.04 Å². The molecule has 126 valence electrons. The Morgan fingerprint density at radius 2 is 1.68 bits per heavy atom. The quantitative estimate of drug-likeness (QED) is 0.845. The number of hydrogen-bond donors (Lipinski definition) is 1. The van der Waals surface area contributed by atoms with Crippen LogP contribution in [0.15, 0.2) is 0 Å². The molecule has 0 aliphatic carbocycles. The van der Waals surface area contributed by atoms with E-state index in [4.69, 9.17) is 0 Å². The summed E-state index contributed by atoms with van der Waals surface area (Å²) in [6.07, 6.45) is 2.08. The molecule has 3 amide bonds. The standard InChI is InChI=1S/C16H30N4O2/c1-4-18(5-2)16(22)20-10-8-19(9-11-20)15(21)14-12-13(3)6-7-17-14/h13-14,17H,4-12H2,1-3H3. The van der Waals surface area contributed by atoms with E-state index < -0.39 is 0 Å². The maximum Gasteiger partial charge on any atom is 0.320 e. The minimum atomic E-state index is -0.0335. The number of rotatable bonds is 3. The summed E-state index contributed by atoms with van der Waals surface area (Å²) in [5.74, 6) is 0.822. The van der Waals surface area contributed by atoms with Crippen molar-refractivity contribution in [3.63, 3.8) is 0 Å². The van der Waals surface area contributed by atoms with Gasteiger partial charge in [0.2, 0.25) is 5.91 Å². The van der Waals surface area contributed by atoms with E-state index in [1.165, 1.54) is 0 Å². The minimum Gasteiger partial charge on any atom is -0.338 e. The largest absolute Gasteiger partial charge is 0.338 e. The maximum absolute atomic E-state index is 12.6. The van der Waals surface area contributed by atoms with Gasteiger partial charge in [-0.2, -0.15) is 0 Å². The van der Waals surface area contributed by atoms with Crippen LogP contribution in [0.1, 0.15) is 33.6 Å². The molecule has 6 heteroatoms.